The second kappa shape index (κ2) is 4.42. The number of ether oxygens (including phenoxy) is 1. The van der Waals surface area contributed by atoms with Crippen molar-refractivity contribution >= 4 is 11.8 Å². The van der Waals surface area contributed by atoms with Crippen LogP contribution in [0.25, 0.3) is 0 Å². The first-order chi connectivity index (χ1) is 6.22. The number of aromatic hydroxyl groups is 1. The minimum absolute atomic E-state index is 0.293. The first-order valence-corrected chi connectivity index (χ1v) is 5.39. The quantitative estimate of drug-likeness (QED) is 0.757. The van der Waals surface area contributed by atoms with Gasteiger partial charge in [-0.2, -0.15) is 0 Å². The molecule has 0 amide bonds. The molecule has 1 aromatic carbocycles. The minimum atomic E-state index is 0.293. The summed E-state index contributed by atoms with van der Waals surface area (Å²) in [4.78, 5) is 0.901. The van der Waals surface area contributed by atoms with E-state index in [0.717, 1.165) is 22.6 Å². The van der Waals surface area contributed by atoms with Crippen molar-refractivity contribution in [2.45, 2.75) is 18.2 Å². The molecule has 13 heavy (non-hydrogen) atoms. The van der Waals surface area contributed by atoms with E-state index >= 15 is 0 Å². The molecule has 0 bridgehead atoms. The molecule has 2 nitrogen and oxygen atoms in total. The molecule has 0 atom stereocenters. The van der Waals surface area contributed by atoms with Crippen molar-refractivity contribution in [3.05, 3.63) is 17.7 Å². The molecule has 1 rings (SSSR count). The topological polar surface area (TPSA) is 29.5 Å². The van der Waals surface area contributed by atoms with Gasteiger partial charge in [0.25, 0.3) is 0 Å². The zero-order valence-electron chi connectivity index (χ0n) is 8.13. The lowest BCUT2D eigenvalue weighted by molar-refractivity contribution is 0.400. The number of hydrogen-bond donors (Lipinski definition) is 1. The standard InChI is InChI=1S/C10H14O2S/c1-4-7-5-10(13-3)8(11)6-9(7)12-2/h5-6,11H,4H2,1-3H3. The summed E-state index contributed by atoms with van der Waals surface area (Å²) in [5, 5.41) is 9.54. The van der Waals surface area contributed by atoms with Gasteiger partial charge in [0.2, 0.25) is 0 Å². The SMILES string of the molecule is CCc1cc(SC)c(O)cc1OC. The van der Waals surface area contributed by atoms with Gasteiger partial charge in [-0.05, 0) is 24.3 Å². The van der Waals surface area contributed by atoms with Gasteiger partial charge in [0, 0.05) is 11.0 Å². The van der Waals surface area contributed by atoms with Crippen molar-refractivity contribution < 1.29 is 9.84 Å². The summed E-state index contributed by atoms with van der Waals surface area (Å²) in [7, 11) is 1.62. The Morgan fingerprint density at radius 2 is 2.15 bits per heavy atom. The molecule has 0 spiro atoms. The van der Waals surface area contributed by atoms with E-state index in [1.54, 1.807) is 13.2 Å². The normalized spacial score (nSPS) is 10.1. The van der Waals surface area contributed by atoms with E-state index in [2.05, 4.69) is 6.92 Å². The zero-order chi connectivity index (χ0) is 9.84. The predicted molar refractivity (Wildman–Crippen MR) is 55.8 cm³/mol. The van der Waals surface area contributed by atoms with E-state index in [4.69, 9.17) is 4.74 Å². The van der Waals surface area contributed by atoms with Gasteiger partial charge >= 0.3 is 0 Å². The Hall–Kier alpha value is -0.830. The Kier molecular flexibility index (Phi) is 3.48. The molecule has 3 heteroatoms. The number of hydrogen-bond acceptors (Lipinski definition) is 3. The molecule has 0 aliphatic rings. The van der Waals surface area contributed by atoms with Crippen molar-refractivity contribution in [2.24, 2.45) is 0 Å². The van der Waals surface area contributed by atoms with Crippen LogP contribution in [0.5, 0.6) is 11.5 Å². The maximum Gasteiger partial charge on any atom is 0.132 e. The zero-order valence-corrected chi connectivity index (χ0v) is 8.94. The lowest BCUT2D eigenvalue weighted by Gasteiger charge is -2.09. The molecule has 1 aromatic rings. The summed E-state index contributed by atoms with van der Waals surface area (Å²) in [5.74, 6) is 1.05. The Morgan fingerprint density at radius 3 is 2.62 bits per heavy atom. The van der Waals surface area contributed by atoms with Crippen LogP contribution in [0.1, 0.15) is 12.5 Å². The largest absolute Gasteiger partial charge is 0.507 e. The van der Waals surface area contributed by atoms with E-state index in [1.165, 1.54) is 11.8 Å². The molecule has 0 heterocycles. The second-order valence-corrected chi connectivity index (χ2v) is 3.54. The van der Waals surface area contributed by atoms with Crippen LogP contribution < -0.4 is 4.74 Å². The van der Waals surface area contributed by atoms with Gasteiger partial charge in [-0.15, -0.1) is 11.8 Å². The smallest absolute Gasteiger partial charge is 0.132 e. The maximum absolute atomic E-state index is 9.54. The average molecular weight is 198 g/mol. The Morgan fingerprint density at radius 1 is 1.46 bits per heavy atom. The van der Waals surface area contributed by atoms with Crippen LogP contribution in [0.2, 0.25) is 0 Å². The van der Waals surface area contributed by atoms with Crippen molar-refractivity contribution in [1.29, 1.82) is 0 Å². The molecule has 0 aliphatic heterocycles. The van der Waals surface area contributed by atoms with E-state index in [9.17, 15) is 5.11 Å². The number of thioether (sulfide) groups is 1. The van der Waals surface area contributed by atoms with Crippen LogP contribution in [0, 0.1) is 0 Å². The van der Waals surface area contributed by atoms with Crippen molar-refractivity contribution in [3.8, 4) is 11.5 Å². The summed E-state index contributed by atoms with van der Waals surface area (Å²) in [6.45, 7) is 2.07. The van der Waals surface area contributed by atoms with Crippen molar-refractivity contribution in [3.63, 3.8) is 0 Å². The van der Waals surface area contributed by atoms with Gasteiger partial charge in [-0.25, -0.2) is 0 Å². The number of rotatable bonds is 3. The molecule has 72 valence electrons. The van der Waals surface area contributed by atoms with Crippen molar-refractivity contribution in [1.82, 2.24) is 0 Å². The van der Waals surface area contributed by atoms with Crippen LogP contribution in [0.4, 0.5) is 0 Å². The molecule has 0 saturated heterocycles. The number of phenolic OH excluding ortho intramolecular Hbond substituents is 1. The van der Waals surface area contributed by atoms with Gasteiger partial charge in [-0.3, -0.25) is 0 Å². The monoisotopic (exact) mass is 198 g/mol. The fourth-order valence-electron chi connectivity index (χ4n) is 1.22. The molecule has 0 unspecified atom stereocenters. The fourth-order valence-corrected chi connectivity index (χ4v) is 1.75. The number of benzene rings is 1. The van der Waals surface area contributed by atoms with Crippen LogP contribution in [-0.4, -0.2) is 18.5 Å². The Labute approximate surface area is 82.9 Å². The minimum Gasteiger partial charge on any atom is -0.507 e. The predicted octanol–water partition coefficient (Wildman–Crippen LogP) is 2.69. The number of methoxy groups -OCH3 is 1. The van der Waals surface area contributed by atoms with Crippen LogP contribution in [0.15, 0.2) is 17.0 Å². The number of phenols is 1. The molecule has 1 N–H and O–H groups in total. The van der Waals surface area contributed by atoms with Gasteiger partial charge in [0.1, 0.15) is 11.5 Å². The first-order valence-electron chi connectivity index (χ1n) is 4.16. The van der Waals surface area contributed by atoms with Gasteiger partial charge in [0.05, 0.1) is 7.11 Å². The maximum atomic E-state index is 9.54. The molecule has 0 saturated carbocycles. The molecule has 0 aliphatic carbocycles. The summed E-state index contributed by atoms with van der Waals surface area (Å²) in [5.41, 5.74) is 1.13. The third-order valence-electron chi connectivity index (χ3n) is 1.96. The Bertz CT molecular complexity index is 297. The summed E-state index contributed by atoms with van der Waals surface area (Å²) in [6, 6.07) is 3.64. The molecule has 0 aromatic heterocycles. The van der Waals surface area contributed by atoms with E-state index in [-0.39, 0.29) is 0 Å². The second-order valence-electron chi connectivity index (χ2n) is 2.69. The lowest BCUT2D eigenvalue weighted by atomic mass is 10.1. The Balaban J connectivity index is 3.18. The molecular weight excluding hydrogens is 184 g/mol. The van der Waals surface area contributed by atoms with Gasteiger partial charge < -0.3 is 9.84 Å². The molecule has 0 radical (unpaired) electrons. The van der Waals surface area contributed by atoms with E-state index in [1.807, 2.05) is 12.3 Å². The van der Waals surface area contributed by atoms with Gasteiger partial charge in [0.15, 0.2) is 0 Å². The third-order valence-corrected chi connectivity index (χ3v) is 2.73. The highest BCUT2D eigenvalue weighted by atomic mass is 32.2. The van der Waals surface area contributed by atoms with E-state index < -0.39 is 0 Å². The lowest BCUT2D eigenvalue weighted by Crippen LogP contribution is -1.91. The highest BCUT2D eigenvalue weighted by Gasteiger charge is 2.07. The highest BCUT2D eigenvalue weighted by molar-refractivity contribution is 7.98. The van der Waals surface area contributed by atoms with Crippen molar-refractivity contribution in [2.75, 3.05) is 13.4 Å². The summed E-state index contributed by atoms with van der Waals surface area (Å²) >= 11 is 1.54. The fraction of sp³-hybridized carbons (Fsp3) is 0.400. The molecular formula is C10H14O2S. The van der Waals surface area contributed by atoms with Crippen LogP contribution >= 0.6 is 11.8 Å². The van der Waals surface area contributed by atoms with Crippen LogP contribution in [0.3, 0.4) is 0 Å². The van der Waals surface area contributed by atoms with E-state index in [0.29, 0.717) is 5.75 Å². The average Bonchev–Trinajstić information content (AvgIpc) is 2.17. The third kappa shape index (κ3) is 2.10. The summed E-state index contributed by atoms with van der Waals surface area (Å²) < 4.78 is 5.15. The summed E-state index contributed by atoms with van der Waals surface area (Å²) in [6.07, 6.45) is 2.86. The first kappa shape index (κ1) is 10.3. The van der Waals surface area contributed by atoms with Crippen LogP contribution in [-0.2, 0) is 6.42 Å². The highest BCUT2D eigenvalue weighted by Crippen LogP contribution is 2.33. The molecule has 0 fully saturated rings. The van der Waals surface area contributed by atoms with Gasteiger partial charge in [-0.1, -0.05) is 6.92 Å². The number of aryl methyl sites for hydroxylation is 1.